The lowest BCUT2D eigenvalue weighted by molar-refractivity contribution is 0.105. The molecule has 178 valence electrons. The van der Waals surface area contributed by atoms with Gasteiger partial charge in [0, 0.05) is 5.56 Å². The van der Waals surface area contributed by atoms with Crippen LogP contribution in [-0.2, 0) is 5.41 Å². The van der Waals surface area contributed by atoms with E-state index >= 15 is 0 Å². The van der Waals surface area contributed by atoms with Crippen molar-refractivity contribution in [2.45, 2.75) is 40.0 Å². The molecule has 0 spiro atoms. The first kappa shape index (κ1) is 27.5. The second-order valence-electron chi connectivity index (χ2n) is 8.96. The predicted octanol–water partition coefficient (Wildman–Crippen LogP) is 9.66. The maximum Gasteiger partial charge on any atom is 0.199 e. The fourth-order valence-corrected chi connectivity index (χ4v) is 7.24. The number of carbonyl (C=O) groups is 2. The van der Waals surface area contributed by atoms with Gasteiger partial charge in [0.25, 0.3) is 0 Å². The third-order valence-corrected chi connectivity index (χ3v) is 9.81. The van der Waals surface area contributed by atoms with Gasteiger partial charge in [-0.1, -0.05) is 121 Å². The van der Waals surface area contributed by atoms with Gasteiger partial charge >= 0.3 is 0 Å². The Morgan fingerprint density at radius 2 is 1.09 bits per heavy atom. The first-order valence-corrected chi connectivity index (χ1v) is 13.6. The average molecular weight is 575 g/mol. The monoisotopic (exact) mass is 572 g/mol. The standard InChI is InChI=1S/C26H22Cl5O2P/c1-13-11-15(26(3,4)5)12-14(2)17(13)24(32)34(16-9-7-6-8-10-16)25(33)18-19(27)21(29)23(31)22(30)20(18)28/h6-12H,1-5H3. The number of rotatable bonds is 5. The molecule has 0 saturated heterocycles. The smallest absolute Gasteiger partial charge is 0.199 e. The Bertz CT molecular complexity index is 1240. The van der Waals surface area contributed by atoms with Crippen molar-refractivity contribution in [1.29, 1.82) is 0 Å². The number of hydrogen-bond acceptors (Lipinski definition) is 2. The van der Waals surface area contributed by atoms with Gasteiger partial charge in [-0.2, -0.15) is 0 Å². The summed E-state index contributed by atoms with van der Waals surface area (Å²) in [4.78, 5) is 28.0. The lowest BCUT2D eigenvalue weighted by Gasteiger charge is -2.24. The van der Waals surface area contributed by atoms with E-state index in [1.807, 2.05) is 32.0 Å². The fraction of sp³-hybridized carbons (Fsp3) is 0.231. The minimum atomic E-state index is -2.07. The molecule has 0 fully saturated rings. The van der Waals surface area contributed by atoms with Crippen LogP contribution in [0.1, 0.15) is 58.2 Å². The molecule has 1 unspecified atom stereocenters. The average Bonchev–Trinajstić information content (AvgIpc) is 2.76. The van der Waals surface area contributed by atoms with Gasteiger partial charge in [0.2, 0.25) is 0 Å². The number of carbonyl (C=O) groups excluding carboxylic acids is 2. The molecule has 0 amide bonds. The Labute approximate surface area is 226 Å². The van der Waals surface area contributed by atoms with Crippen molar-refractivity contribution in [2.24, 2.45) is 0 Å². The summed E-state index contributed by atoms with van der Waals surface area (Å²) in [5.74, 6) is 0. The van der Waals surface area contributed by atoms with Crippen LogP contribution in [0, 0.1) is 13.8 Å². The van der Waals surface area contributed by atoms with Crippen LogP contribution in [0.5, 0.6) is 0 Å². The summed E-state index contributed by atoms with van der Waals surface area (Å²) < 4.78 is 0. The molecule has 3 aromatic carbocycles. The van der Waals surface area contributed by atoms with Gasteiger partial charge in [-0.05, 0) is 41.3 Å². The molecule has 0 bridgehead atoms. The molecular weight excluding hydrogens is 553 g/mol. The largest absolute Gasteiger partial charge is 0.288 e. The minimum absolute atomic E-state index is 0.0466. The SMILES string of the molecule is Cc1cc(C(C)(C)C)cc(C)c1C(=O)P(C(=O)c1c(Cl)c(Cl)c(Cl)c(Cl)c1Cl)c1ccccc1. The molecule has 8 heteroatoms. The fourth-order valence-electron chi connectivity index (χ4n) is 3.65. The quantitative estimate of drug-likeness (QED) is 0.173. The summed E-state index contributed by atoms with van der Waals surface area (Å²) in [7, 11) is -2.07. The minimum Gasteiger partial charge on any atom is -0.288 e. The van der Waals surface area contributed by atoms with Gasteiger partial charge in [-0.3, -0.25) is 9.59 Å². The highest BCUT2D eigenvalue weighted by molar-refractivity contribution is 7.96. The van der Waals surface area contributed by atoms with Crippen molar-refractivity contribution in [1.82, 2.24) is 0 Å². The second-order valence-corrected chi connectivity index (χ2v) is 12.9. The van der Waals surface area contributed by atoms with Crippen LogP contribution in [0.15, 0.2) is 42.5 Å². The van der Waals surface area contributed by atoms with E-state index in [0.29, 0.717) is 10.9 Å². The molecule has 34 heavy (non-hydrogen) atoms. The highest BCUT2D eigenvalue weighted by atomic mass is 35.5. The van der Waals surface area contributed by atoms with Gasteiger partial charge in [0.05, 0.1) is 38.6 Å². The van der Waals surface area contributed by atoms with E-state index in [2.05, 4.69) is 20.8 Å². The number of hydrogen-bond donors (Lipinski definition) is 0. The summed E-state index contributed by atoms with van der Waals surface area (Å²) in [5.41, 5.74) is 2.19. The van der Waals surface area contributed by atoms with E-state index in [9.17, 15) is 9.59 Å². The van der Waals surface area contributed by atoms with Crippen LogP contribution in [0.2, 0.25) is 25.1 Å². The Hall–Kier alpha value is -1.12. The van der Waals surface area contributed by atoms with E-state index in [1.165, 1.54) is 0 Å². The molecule has 3 aromatic rings. The zero-order valence-corrected chi connectivity index (χ0v) is 23.9. The first-order chi connectivity index (χ1) is 15.8. The van der Waals surface area contributed by atoms with Crippen LogP contribution in [0.25, 0.3) is 0 Å². The van der Waals surface area contributed by atoms with Crippen molar-refractivity contribution < 1.29 is 9.59 Å². The topological polar surface area (TPSA) is 34.1 Å². The molecule has 0 heterocycles. The van der Waals surface area contributed by atoms with Crippen molar-refractivity contribution in [3.05, 3.63) is 95.4 Å². The summed E-state index contributed by atoms with van der Waals surface area (Å²) in [6.45, 7) is 10.1. The molecule has 0 aliphatic rings. The Morgan fingerprint density at radius 1 is 0.676 bits per heavy atom. The van der Waals surface area contributed by atoms with Crippen LogP contribution >= 0.6 is 65.9 Å². The molecule has 3 rings (SSSR count). The summed E-state index contributed by atoms with van der Waals surface area (Å²) in [5, 5.41) is 0.102. The maximum atomic E-state index is 14.1. The van der Waals surface area contributed by atoms with E-state index in [-0.39, 0.29) is 41.6 Å². The molecule has 0 N–H and O–H groups in total. The third-order valence-electron chi connectivity index (χ3n) is 5.46. The molecule has 0 radical (unpaired) electrons. The first-order valence-electron chi connectivity index (χ1n) is 10.3. The second kappa shape index (κ2) is 10.5. The van der Waals surface area contributed by atoms with Crippen molar-refractivity contribution in [3.8, 4) is 0 Å². The normalized spacial score (nSPS) is 12.5. The zero-order valence-electron chi connectivity index (χ0n) is 19.2. The lowest BCUT2D eigenvalue weighted by Crippen LogP contribution is -2.19. The Morgan fingerprint density at radius 3 is 1.53 bits per heavy atom. The van der Waals surface area contributed by atoms with E-state index in [0.717, 1.165) is 16.7 Å². The number of halogens is 5. The molecule has 1 atom stereocenters. The van der Waals surface area contributed by atoms with Gasteiger partial charge in [0.1, 0.15) is 0 Å². The van der Waals surface area contributed by atoms with Crippen molar-refractivity contribution in [2.75, 3.05) is 0 Å². The van der Waals surface area contributed by atoms with Gasteiger partial charge in [0.15, 0.2) is 11.0 Å². The Balaban J connectivity index is 2.25. The van der Waals surface area contributed by atoms with Gasteiger partial charge < -0.3 is 0 Å². The lowest BCUT2D eigenvalue weighted by atomic mass is 9.84. The summed E-state index contributed by atoms with van der Waals surface area (Å²) in [6, 6.07) is 12.9. The molecule has 0 aromatic heterocycles. The van der Waals surface area contributed by atoms with Crippen LogP contribution < -0.4 is 5.30 Å². The Kier molecular flexibility index (Phi) is 8.46. The molecule has 0 saturated carbocycles. The zero-order chi connectivity index (χ0) is 25.5. The van der Waals surface area contributed by atoms with Crippen LogP contribution in [-0.4, -0.2) is 11.0 Å². The van der Waals surface area contributed by atoms with Gasteiger partial charge in [-0.15, -0.1) is 0 Å². The van der Waals surface area contributed by atoms with Crippen molar-refractivity contribution >= 4 is 82.3 Å². The number of benzene rings is 3. The van der Waals surface area contributed by atoms with Crippen molar-refractivity contribution in [3.63, 3.8) is 0 Å². The molecule has 0 aliphatic heterocycles. The summed E-state index contributed by atoms with van der Waals surface area (Å²) in [6.07, 6.45) is 0. The van der Waals surface area contributed by atoms with Gasteiger partial charge in [-0.25, -0.2) is 0 Å². The molecular formula is C26H22Cl5O2P. The molecule has 0 aliphatic carbocycles. The molecule has 2 nitrogen and oxygen atoms in total. The number of aryl methyl sites for hydroxylation is 2. The van der Waals surface area contributed by atoms with E-state index < -0.39 is 13.4 Å². The van der Waals surface area contributed by atoms with Crippen LogP contribution in [0.3, 0.4) is 0 Å². The van der Waals surface area contributed by atoms with Crippen LogP contribution in [0.4, 0.5) is 0 Å². The summed E-state index contributed by atoms with van der Waals surface area (Å²) >= 11 is 31.4. The highest BCUT2D eigenvalue weighted by Crippen LogP contribution is 2.51. The predicted molar refractivity (Wildman–Crippen MR) is 148 cm³/mol. The van der Waals surface area contributed by atoms with E-state index in [4.69, 9.17) is 58.0 Å². The highest BCUT2D eigenvalue weighted by Gasteiger charge is 2.36. The van der Waals surface area contributed by atoms with E-state index in [1.54, 1.807) is 24.3 Å². The third kappa shape index (κ3) is 5.19. The maximum absolute atomic E-state index is 14.1.